The van der Waals surface area contributed by atoms with E-state index in [2.05, 4.69) is 0 Å². The van der Waals surface area contributed by atoms with E-state index in [1.807, 2.05) is 24.3 Å². The van der Waals surface area contributed by atoms with Gasteiger partial charge in [0.2, 0.25) is 0 Å². The summed E-state index contributed by atoms with van der Waals surface area (Å²) in [5.41, 5.74) is 0.804. The van der Waals surface area contributed by atoms with Crippen LogP contribution in [0.4, 0.5) is 4.39 Å². The Balaban J connectivity index is 2.15. The summed E-state index contributed by atoms with van der Waals surface area (Å²) in [6.07, 6.45) is 0. The third-order valence-electron chi connectivity index (χ3n) is 2.62. The van der Waals surface area contributed by atoms with Crippen LogP contribution in [0.25, 0.3) is 0 Å². The molecule has 96 valence electrons. The maximum atomic E-state index is 13.4. The van der Waals surface area contributed by atoms with Crippen LogP contribution in [0.15, 0.2) is 42.5 Å². The van der Waals surface area contributed by atoms with Crippen LogP contribution in [0.2, 0.25) is 0 Å². The zero-order chi connectivity index (χ0) is 13.7. The van der Waals surface area contributed by atoms with E-state index in [9.17, 15) is 4.39 Å². The molecular weight excluding hydrogens is 245 g/mol. The zero-order valence-corrected chi connectivity index (χ0v) is 10.4. The van der Waals surface area contributed by atoms with Crippen molar-refractivity contribution < 1.29 is 13.9 Å². The highest BCUT2D eigenvalue weighted by molar-refractivity contribution is 5.44. The maximum absolute atomic E-state index is 13.4. The molecule has 0 saturated carbocycles. The van der Waals surface area contributed by atoms with Gasteiger partial charge >= 0.3 is 0 Å². The second-order valence-corrected chi connectivity index (χ2v) is 3.86. The summed E-state index contributed by atoms with van der Waals surface area (Å²) >= 11 is 0. The molecule has 0 aromatic heterocycles. The van der Waals surface area contributed by atoms with Crippen LogP contribution in [0.1, 0.15) is 11.1 Å². The fourth-order valence-corrected chi connectivity index (χ4v) is 1.66. The molecular formula is C15H12FNO2. The van der Waals surface area contributed by atoms with Crippen LogP contribution < -0.4 is 9.47 Å². The fourth-order valence-electron chi connectivity index (χ4n) is 1.66. The lowest BCUT2D eigenvalue weighted by Gasteiger charge is -2.09. The highest BCUT2D eigenvalue weighted by atomic mass is 19.1. The summed E-state index contributed by atoms with van der Waals surface area (Å²) in [6, 6.07) is 13.5. The molecule has 0 bridgehead atoms. The first-order valence-corrected chi connectivity index (χ1v) is 5.69. The lowest BCUT2D eigenvalue weighted by atomic mass is 10.2. The first-order chi connectivity index (χ1) is 9.24. The fraction of sp³-hybridized carbons (Fsp3) is 0.133. The van der Waals surface area contributed by atoms with Crippen molar-refractivity contribution in [3.8, 4) is 17.6 Å². The second kappa shape index (κ2) is 5.87. The van der Waals surface area contributed by atoms with Gasteiger partial charge in [-0.2, -0.15) is 5.26 Å². The molecule has 0 N–H and O–H groups in total. The van der Waals surface area contributed by atoms with Crippen molar-refractivity contribution in [2.45, 2.75) is 6.61 Å². The van der Waals surface area contributed by atoms with E-state index in [4.69, 9.17) is 14.7 Å². The van der Waals surface area contributed by atoms with Gasteiger partial charge < -0.3 is 9.47 Å². The van der Waals surface area contributed by atoms with Crippen LogP contribution in [0.3, 0.4) is 0 Å². The molecule has 0 amide bonds. The Labute approximate surface area is 110 Å². The molecule has 0 spiro atoms. The number of hydrogen-bond donors (Lipinski definition) is 0. The third kappa shape index (κ3) is 3.02. The first kappa shape index (κ1) is 12.9. The molecule has 0 unspecified atom stereocenters. The molecule has 0 aliphatic carbocycles. The summed E-state index contributed by atoms with van der Waals surface area (Å²) in [7, 11) is 1.58. The topological polar surface area (TPSA) is 42.2 Å². The van der Waals surface area contributed by atoms with E-state index in [1.54, 1.807) is 19.2 Å². The molecule has 2 aromatic carbocycles. The minimum Gasteiger partial charge on any atom is -0.497 e. The van der Waals surface area contributed by atoms with Gasteiger partial charge in [0, 0.05) is 0 Å². The van der Waals surface area contributed by atoms with E-state index in [0.29, 0.717) is 0 Å². The zero-order valence-electron chi connectivity index (χ0n) is 10.4. The number of methoxy groups -OCH3 is 1. The Morgan fingerprint density at radius 3 is 2.74 bits per heavy atom. The summed E-state index contributed by atoms with van der Waals surface area (Å²) in [4.78, 5) is 0. The number of nitriles is 1. The van der Waals surface area contributed by atoms with Gasteiger partial charge in [0.15, 0.2) is 0 Å². The Morgan fingerprint density at radius 2 is 2.00 bits per heavy atom. The molecule has 0 heterocycles. The van der Waals surface area contributed by atoms with Gasteiger partial charge in [0.1, 0.15) is 35.6 Å². The largest absolute Gasteiger partial charge is 0.497 e. The average molecular weight is 257 g/mol. The van der Waals surface area contributed by atoms with Crippen molar-refractivity contribution in [3.05, 3.63) is 59.4 Å². The second-order valence-electron chi connectivity index (χ2n) is 3.86. The van der Waals surface area contributed by atoms with Gasteiger partial charge in [0.05, 0.1) is 7.11 Å². The number of nitrogens with zero attached hydrogens (tertiary/aromatic N) is 1. The van der Waals surface area contributed by atoms with Crippen molar-refractivity contribution >= 4 is 0 Å². The lowest BCUT2D eigenvalue weighted by molar-refractivity contribution is 0.302. The Kier molecular flexibility index (Phi) is 3.99. The Bertz CT molecular complexity index is 620. The Morgan fingerprint density at radius 1 is 1.21 bits per heavy atom. The number of benzene rings is 2. The predicted molar refractivity (Wildman–Crippen MR) is 68.4 cm³/mol. The molecule has 0 aliphatic rings. The van der Waals surface area contributed by atoms with Crippen molar-refractivity contribution in [2.75, 3.05) is 7.11 Å². The van der Waals surface area contributed by atoms with Crippen LogP contribution in [0.5, 0.6) is 11.5 Å². The number of halogens is 1. The van der Waals surface area contributed by atoms with E-state index in [1.165, 1.54) is 12.1 Å². The molecule has 0 fully saturated rings. The third-order valence-corrected chi connectivity index (χ3v) is 2.62. The molecule has 0 saturated heterocycles. The summed E-state index contributed by atoms with van der Waals surface area (Å²) in [5.74, 6) is 0.386. The lowest BCUT2D eigenvalue weighted by Crippen LogP contribution is -1.99. The van der Waals surface area contributed by atoms with Gasteiger partial charge in [-0.05, 0) is 29.8 Å². The molecule has 19 heavy (non-hydrogen) atoms. The highest BCUT2D eigenvalue weighted by Crippen LogP contribution is 2.22. The molecule has 4 heteroatoms. The quantitative estimate of drug-likeness (QED) is 0.844. The Hall–Kier alpha value is -2.54. The summed E-state index contributed by atoms with van der Waals surface area (Å²) in [6.45, 7) is 0.245. The first-order valence-electron chi connectivity index (χ1n) is 5.69. The molecule has 0 atom stereocenters. The number of rotatable bonds is 4. The van der Waals surface area contributed by atoms with Gasteiger partial charge in [-0.3, -0.25) is 0 Å². The predicted octanol–water partition coefficient (Wildman–Crippen LogP) is 3.28. The van der Waals surface area contributed by atoms with Crippen molar-refractivity contribution in [2.24, 2.45) is 0 Å². The standard InChI is InChI=1S/C15H12FNO2/c1-18-12-5-2-4-11(8-12)10-19-15-7-3-6-14(16)13(15)9-17/h2-8H,10H2,1H3. The normalized spacial score (nSPS) is 9.74. The molecule has 0 aliphatic heterocycles. The molecule has 0 radical (unpaired) electrons. The molecule has 2 aromatic rings. The van der Waals surface area contributed by atoms with Crippen LogP contribution in [0, 0.1) is 17.1 Å². The van der Waals surface area contributed by atoms with Gasteiger partial charge in [0.25, 0.3) is 0 Å². The van der Waals surface area contributed by atoms with Crippen LogP contribution in [-0.4, -0.2) is 7.11 Å². The van der Waals surface area contributed by atoms with E-state index in [-0.39, 0.29) is 17.9 Å². The minimum atomic E-state index is -0.578. The van der Waals surface area contributed by atoms with Gasteiger partial charge in [-0.15, -0.1) is 0 Å². The number of hydrogen-bond acceptors (Lipinski definition) is 3. The van der Waals surface area contributed by atoms with Gasteiger partial charge in [-0.25, -0.2) is 4.39 Å². The highest BCUT2D eigenvalue weighted by Gasteiger charge is 2.08. The van der Waals surface area contributed by atoms with E-state index >= 15 is 0 Å². The monoisotopic (exact) mass is 257 g/mol. The average Bonchev–Trinajstić information content (AvgIpc) is 2.45. The van der Waals surface area contributed by atoms with Crippen LogP contribution in [-0.2, 0) is 6.61 Å². The smallest absolute Gasteiger partial charge is 0.144 e. The van der Waals surface area contributed by atoms with Crippen molar-refractivity contribution in [1.82, 2.24) is 0 Å². The number of ether oxygens (including phenoxy) is 2. The summed E-state index contributed by atoms with van der Waals surface area (Å²) < 4.78 is 24.0. The van der Waals surface area contributed by atoms with Gasteiger partial charge in [-0.1, -0.05) is 18.2 Å². The van der Waals surface area contributed by atoms with Crippen LogP contribution >= 0.6 is 0 Å². The molecule has 3 nitrogen and oxygen atoms in total. The minimum absolute atomic E-state index is 0.0783. The maximum Gasteiger partial charge on any atom is 0.144 e. The molecule has 2 rings (SSSR count). The van der Waals surface area contributed by atoms with Crippen molar-refractivity contribution in [3.63, 3.8) is 0 Å². The SMILES string of the molecule is COc1cccc(COc2cccc(F)c2C#N)c1. The summed E-state index contributed by atoms with van der Waals surface area (Å²) in [5, 5.41) is 8.89. The van der Waals surface area contributed by atoms with Crippen molar-refractivity contribution in [1.29, 1.82) is 5.26 Å². The van der Waals surface area contributed by atoms with E-state index in [0.717, 1.165) is 11.3 Å². The van der Waals surface area contributed by atoms with E-state index < -0.39 is 5.82 Å².